The van der Waals surface area contributed by atoms with Crippen LogP contribution in [0.1, 0.15) is 18.4 Å². The number of phenols is 1. The molecule has 0 amide bonds. The fourth-order valence-electron chi connectivity index (χ4n) is 1.99. The van der Waals surface area contributed by atoms with Crippen LogP contribution >= 0.6 is 0 Å². The molecule has 1 aromatic carbocycles. The predicted molar refractivity (Wildman–Crippen MR) is 87.7 cm³/mol. The summed E-state index contributed by atoms with van der Waals surface area (Å²) in [6, 6.07) is 4.39. The Morgan fingerprint density at radius 1 is 1.04 bits per heavy atom. The van der Waals surface area contributed by atoms with Gasteiger partial charge in [-0.25, -0.2) is 0 Å². The van der Waals surface area contributed by atoms with Gasteiger partial charge in [0.15, 0.2) is 5.96 Å². The second kappa shape index (κ2) is 8.86. The lowest BCUT2D eigenvalue weighted by molar-refractivity contribution is -0.138. The summed E-state index contributed by atoms with van der Waals surface area (Å²) >= 11 is 0. The number of benzene rings is 1. The number of phenolic OH excluding ortho intramolecular Hbond substituents is 1. The summed E-state index contributed by atoms with van der Waals surface area (Å²) in [5, 5.41) is 9.20. The Labute approximate surface area is 134 Å². The Morgan fingerprint density at radius 2 is 1.61 bits per heavy atom. The number of nitrogens with two attached hydrogens (primary N) is 4. The van der Waals surface area contributed by atoms with E-state index < -0.39 is 23.7 Å². The fourth-order valence-corrected chi connectivity index (χ4v) is 1.99. The van der Waals surface area contributed by atoms with Crippen LogP contribution in [0, 0.1) is 0 Å². The first-order valence-corrected chi connectivity index (χ1v) is 7.23. The molecule has 0 saturated carbocycles. The lowest BCUT2D eigenvalue weighted by atomic mass is 9.96. The summed E-state index contributed by atoms with van der Waals surface area (Å²) in [6.45, 7) is 0.344. The van der Waals surface area contributed by atoms with Crippen LogP contribution in [-0.2, 0) is 16.0 Å². The molecule has 0 spiro atoms. The van der Waals surface area contributed by atoms with Gasteiger partial charge < -0.3 is 28.0 Å². The van der Waals surface area contributed by atoms with E-state index >= 15 is 0 Å². The second-order valence-electron chi connectivity index (χ2n) is 5.26. The number of guanidine groups is 1. The summed E-state index contributed by atoms with van der Waals surface area (Å²) in [7, 11) is 0. The maximum Gasteiger partial charge on any atom is 0.216 e. The van der Waals surface area contributed by atoms with Gasteiger partial charge in [0.05, 0.1) is 12.1 Å². The van der Waals surface area contributed by atoms with Crippen molar-refractivity contribution in [2.75, 3.05) is 6.54 Å². The minimum absolute atomic E-state index is 0.0307. The van der Waals surface area contributed by atoms with Crippen molar-refractivity contribution in [1.82, 2.24) is 0 Å². The van der Waals surface area contributed by atoms with Crippen LogP contribution in [-0.4, -0.2) is 41.3 Å². The van der Waals surface area contributed by atoms with Gasteiger partial charge in [-0.15, -0.1) is 0 Å². The Bertz CT molecular complexity index is 567. The molecule has 1 rings (SSSR count). The highest BCUT2D eigenvalue weighted by atomic mass is 16.3. The van der Waals surface area contributed by atoms with E-state index in [1.165, 1.54) is 12.1 Å². The van der Waals surface area contributed by atoms with Crippen LogP contribution in [0.25, 0.3) is 0 Å². The number of hydrogen-bond acceptors (Lipinski definition) is 6. The molecule has 0 aliphatic heterocycles. The fraction of sp³-hybridized carbons (Fsp3) is 0.400. The Hall–Kier alpha value is -2.45. The molecular weight excluding hydrogens is 298 g/mol. The first-order valence-electron chi connectivity index (χ1n) is 7.23. The predicted octanol–water partition coefficient (Wildman–Crippen LogP) is -1.22. The van der Waals surface area contributed by atoms with Gasteiger partial charge in [-0.2, -0.15) is 0 Å². The molecule has 0 aliphatic carbocycles. The Balaban J connectivity index is 2.49. The highest BCUT2D eigenvalue weighted by Crippen LogP contribution is 2.11. The maximum atomic E-state index is 12.0. The number of carbonyl (C=O) groups excluding carboxylic acids is 2. The van der Waals surface area contributed by atoms with E-state index in [1.54, 1.807) is 12.1 Å². The number of aromatic hydroxyl groups is 1. The van der Waals surface area contributed by atoms with Crippen molar-refractivity contribution in [1.29, 1.82) is 0 Å². The van der Waals surface area contributed by atoms with Crippen molar-refractivity contribution >= 4 is 17.5 Å². The molecule has 1 aromatic rings. The Kier molecular flexibility index (Phi) is 7.17. The smallest absolute Gasteiger partial charge is 0.216 e. The zero-order valence-corrected chi connectivity index (χ0v) is 12.8. The molecule has 2 atom stereocenters. The maximum absolute atomic E-state index is 12.0. The van der Waals surface area contributed by atoms with Crippen LogP contribution < -0.4 is 22.9 Å². The first-order chi connectivity index (χ1) is 10.8. The third-order valence-electron chi connectivity index (χ3n) is 3.28. The van der Waals surface area contributed by atoms with Crippen molar-refractivity contribution in [3.05, 3.63) is 29.8 Å². The Morgan fingerprint density at radius 3 is 2.17 bits per heavy atom. The highest BCUT2D eigenvalue weighted by Gasteiger charge is 2.26. The lowest BCUT2D eigenvalue weighted by Crippen LogP contribution is -2.45. The lowest BCUT2D eigenvalue weighted by Gasteiger charge is -2.13. The van der Waals surface area contributed by atoms with Gasteiger partial charge in [0.2, 0.25) is 11.6 Å². The third kappa shape index (κ3) is 6.45. The summed E-state index contributed by atoms with van der Waals surface area (Å²) in [6.07, 6.45) is 0.990. The van der Waals surface area contributed by atoms with Crippen LogP contribution in [0.2, 0.25) is 0 Å². The van der Waals surface area contributed by atoms with Gasteiger partial charge in [-0.05, 0) is 37.0 Å². The summed E-state index contributed by atoms with van der Waals surface area (Å²) in [5.41, 5.74) is 22.6. The first kappa shape index (κ1) is 18.6. The summed E-state index contributed by atoms with van der Waals surface area (Å²) in [4.78, 5) is 27.8. The number of Topliss-reactive ketones (excluding diaryl/α,β-unsaturated/α-hetero) is 2. The van der Waals surface area contributed by atoms with Gasteiger partial charge in [0, 0.05) is 6.54 Å². The molecule has 126 valence electrons. The third-order valence-corrected chi connectivity index (χ3v) is 3.28. The molecule has 0 bridgehead atoms. The van der Waals surface area contributed by atoms with Gasteiger partial charge in [-0.3, -0.25) is 14.6 Å². The van der Waals surface area contributed by atoms with E-state index in [0.29, 0.717) is 19.4 Å². The molecule has 0 heterocycles. The minimum atomic E-state index is -0.962. The number of aliphatic imine (C=N–C) groups is 1. The van der Waals surface area contributed by atoms with Crippen LogP contribution in [0.3, 0.4) is 0 Å². The van der Waals surface area contributed by atoms with Crippen molar-refractivity contribution < 1.29 is 14.7 Å². The SMILES string of the molecule is NC(N)=NCCC[C@H](N)C(=O)C(=O)[C@@H](N)Cc1ccc(O)cc1. The van der Waals surface area contributed by atoms with Gasteiger partial charge >= 0.3 is 0 Å². The van der Waals surface area contributed by atoms with E-state index in [-0.39, 0.29) is 18.1 Å². The molecule has 0 radical (unpaired) electrons. The van der Waals surface area contributed by atoms with Crippen LogP contribution in [0.15, 0.2) is 29.3 Å². The molecule has 8 heteroatoms. The topological polar surface area (TPSA) is 171 Å². The van der Waals surface area contributed by atoms with Crippen molar-refractivity contribution in [2.24, 2.45) is 27.9 Å². The summed E-state index contributed by atoms with van der Waals surface area (Å²) < 4.78 is 0. The van der Waals surface area contributed by atoms with Crippen LogP contribution in [0.4, 0.5) is 0 Å². The van der Waals surface area contributed by atoms with Gasteiger partial charge in [0.25, 0.3) is 0 Å². The molecule has 9 N–H and O–H groups in total. The quantitative estimate of drug-likeness (QED) is 0.164. The number of hydrogen-bond donors (Lipinski definition) is 5. The van der Waals surface area contributed by atoms with E-state index in [0.717, 1.165) is 5.56 Å². The molecular formula is C15H23N5O3. The monoisotopic (exact) mass is 321 g/mol. The molecule has 0 saturated heterocycles. The number of rotatable bonds is 9. The van der Waals surface area contributed by atoms with Crippen molar-refractivity contribution in [3.63, 3.8) is 0 Å². The molecule has 23 heavy (non-hydrogen) atoms. The van der Waals surface area contributed by atoms with Gasteiger partial charge in [0.1, 0.15) is 5.75 Å². The molecule has 0 unspecified atom stereocenters. The number of carbonyl (C=O) groups is 2. The summed E-state index contributed by atoms with van der Waals surface area (Å²) in [5.74, 6) is -1.31. The van der Waals surface area contributed by atoms with Gasteiger partial charge in [-0.1, -0.05) is 12.1 Å². The average molecular weight is 321 g/mol. The van der Waals surface area contributed by atoms with Crippen LogP contribution in [0.5, 0.6) is 5.75 Å². The standard InChI is InChI=1S/C15H23N5O3/c16-11(2-1-7-20-15(18)19)13(22)14(23)12(17)8-9-3-5-10(21)6-4-9/h3-6,11-12,21H,1-2,7-8,16-17H2,(H4,18,19,20)/t11-,12-/m0/s1. The zero-order valence-electron chi connectivity index (χ0n) is 12.8. The second-order valence-corrected chi connectivity index (χ2v) is 5.26. The molecule has 0 fully saturated rings. The average Bonchev–Trinajstić information content (AvgIpc) is 2.51. The minimum Gasteiger partial charge on any atom is -0.508 e. The zero-order chi connectivity index (χ0) is 17.4. The molecule has 8 nitrogen and oxygen atoms in total. The van der Waals surface area contributed by atoms with Crippen molar-refractivity contribution in [3.8, 4) is 5.75 Å². The molecule has 0 aliphatic rings. The number of nitrogens with zero attached hydrogens (tertiary/aromatic N) is 1. The number of ketones is 2. The van der Waals surface area contributed by atoms with Crippen molar-refractivity contribution in [2.45, 2.75) is 31.3 Å². The van der Waals surface area contributed by atoms with E-state index in [2.05, 4.69) is 4.99 Å². The van der Waals surface area contributed by atoms with E-state index in [4.69, 9.17) is 22.9 Å². The highest BCUT2D eigenvalue weighted by molar-refractivity contribution is 6.40. The largest absolute Gasteiger partial charge is 0.508 e. The molecule has 0 aromatic heterocycles. The van der Waals surface area contributed by atoms with E-state index in [9.17, 15) is 14.7 Å². The normalized spacial score (nSPS) is 13.1. The van der Waals surface area contributed by atoms with E-state index in [1.807, 2.05) is 0 Å².